The van der Waals surface area contributed by atoms with E-state index in [1.165, 1.54) is 12.1 Å². The first-order valence-electron chi connectivity index (χ1n) is 7.98. The van der Waals surface area contributed by atoms with Crippen LogP contribution in [0.5, 0.6) is 0 Å². The number of benzene rings is 2. The van der Waals surface area contributed by atoms with E-state index in [4.69, 9.17) is 0 Å². The number of nitro benzene ring substituents is 2. The predicted molar refractivity (Wildman–Crippen MR) is 95.8 cm³/mol. The van der Waals surface area contributed by atoms with Gasteiger partial charge in [0.05, 0.1) is 15.4 Å². The van der Waals surface area contributed by atoms with E-state index in [0.717, 1.165) is 18.2 Å². The van der Waals surface area contributed by atoms with Crippen LogP contribution in [0.25, 0.3) is 11.1 Å². The summed E-state index contributed by atoms with van der Waals surface area (Å²) in [6.07, 6.45) is 0. The third-order valence-corrected chi connectivity index (χ3v) is 4.04. The number of hydrogen-bond acceptors (Lipinski definition) is 6. The molecule has 0 bridgehead atoms. The van der Waals surface area contributed by atoms with Crippen LogP contribution in [0.4, 0.5) is 11.4 Å². The van der Waals surface area contributed by atoms with Crippen molar-refractivity contribution in [2.24, 2.45) is 0 Å². The molecule has 138 valence electrons. The van der Waals surface area contributed by atoms with Crippen molar-refractivity contribution in [3.63, 3.8) is 0 Å². The lowest BCUT2D eigenvalue weighted by molar-refractivity contribution is -0.385. The van der Waals surface area contributed by atoms with Crippen molar-refractivity contribution in [2.75, 3.05) is 0 Å². The Labute approximate surface area is 153 Å². The Hall–Kier alpha value is -3.62. The molecule has 0 unspecified atom stereocenters. The minimum atomic E-state index is -0.688. The number of carbonyl (C=O) groups excluding carboxylic acids is 2. The maximum Gasteiger partial charge on any atom is 0.271 e. The van der Waals surface area contributed by atoms with Gasteiger partial charge in [0.1, 0.15) is 0 Å². The monoisotopic (exact) mass is 369 g/mol. The van der Waals surface area contributed by atoms with Crippen molar-refractivity contribution < 1.29 is 19.4 Å². The van der Waals surface area contributed by atoms with Crippen LogP contribution in [0, 0.1) is 20.2 Å². The first kappa shape index (κ1) is 18.2. The van der Waals surface area contributed by atoms with Crippen LogP contribution >= 0.6 is 0 Å². The van der Waals surface area contributed by atoms with Crippen molar-refractivity contribution in [3.05, 3.63) is 67.3 Å². The molecule has 3 rings (SSSR count). The zero-order chi connectivity index (χ0) is 20.1. The van der Waals surface area contributed by atoms with Crippen LogP contribution in [-0.4, -0.2) is 27.1 Å². The second-order valence-electron chi connectivity index (χ2n) is 7.19. The Morgan fingerprint density at radius 3 is 2.07 bits per heavy atom. The summed E-state index contributed by atoms with van der Waals surface area (Å²) >= 11 is 0. The standard InChI is InChI=1S/C18H15N3O6/c1-18(2,3)19-17(23)14-8-10(21(26)27)7-13-15(14)11-5-4-9(20(24)25)6-12(11)16(13)22/h4-8H,1-3H3,(H,19,23). The van der Waals surface area contributed by atoms with Gasteiger partial charge in [0.25, 0.3) is 17.3 Å². The Bertz CT molecular complexity index is 1040. The highest BCUT2D eigenvalue weighted by atomic mass is 16.6. The average molecular weight is 369 g/mol. The first-order valence-corrected chi connectivity index (χ1v) is 7.98. The van der Waals surface area contributed by atoms with Gasteiger partial charge < -0.3 is 5.32 Å². The number of nitrogens with zero attached hydrogens (tertiary/aromatic N) is 2. The number of hydrogen-bond donors (Lipinski definition) is 1. The summed E-state index contributed by atoms with van der Waals surface area (Å²) in [6.45, 7) is 5.26. The number of non-ortho nitro benzene ring substituents is 2. The predicted octanol–water partition coefficient (Wildman–Crippen LogP) is 3.24. The maximum absolute atomic E-state index is 12.7. The van der Waals surface area contributed by atoms with Gasteiger partial charge in [0, 0.05) is 46.5 Å². The van der Waals surface area contributed by atoms with E-state index in [1.807, 2.05) is 0 Å². The molecule has 0 atom stereocenters. The average Bonchev–Trinajstić information content (AvgIpc) is 2.85. The summed E-state index contributed by atoms with van der Waals surface area (Å²) < 4.78 is 0. The highest BCUT2D eigenvalue weighted by Gasteiger charge is 2.35. The number of ketones is 1. The fourth-order valence-electron chi connectivity index (χ4n) is 2.99. The van der Waals surface area contributed by atoms with Crippen LogP contribution in [-0.2, 0) is 0 Å². The van der Waals surface area contributed by atoms with Gasteiger partial charge in [-0.05, 0) is 32.4 Å². The minimum absolute atomic E-state index is 0.0150. The van der Waals surface area contributed by atoms with Crippen molar-refractivity contribution >= 4 is 23.1 Å². The molecule has 0 spiro atoms. The molecule has 0 aliphatic heterocycles. The lowest BCUT2D eigenvalue weighted by Gasteiger charge is -2.21. The van der Waals surface area contributed by atoms with Gasteiger partial charge in [0.2, 0.25) is 0 Å². The molecule has 0 aromatic heterocycles. The molecule has 27 heavy (non-hydrogen) atoms. The highest BCUT2D eigenvalue weighted by Crippen LogP contribution is 2.42. The number of nitrogens with one attached hydrogen (secondary N) is 1. The summed E-state index contributed by atoms with van der Waals surface area (Å²) in [4.78, 5) is 46.4. The third-order valence-electron chi connectivity index (χ3n) is 4.04. The molecule has 1 N–H and O–H groups in total. The number of rotatable bonds is 3. The highest BCUT2D eigenvalue weighted by molar-refractivity contribution is 6.25. The number of fused-ring (bicyclic) bond motifs is 3. The molecule has 2 aromatic carbocycles. The molecule has 0 radical (unpaired) electrons. The van der Waals surface area contributed by atoms with Crippen LogP contribution in [0.1, 0.15) is 47.1 Å². The van der Waals surface area contributed by atoms with Gasteiger partial charge >= 0.3 is 0 Å². The van der Waals surface area contributed by atoms with E-state index in [9.17, 15) is 29.8 Å². The Balaban J connectivity index is 2.27. The van der Waals surface area contributed by atoms with E-state index >= 15 is 0 Å². The lowest BCUT2D eigenvalue weighted by atomic mass is 9.97. The zero-order valence-corrected chi connectivity index (χ0v) is 14.7. The maximum atomic E-state index is 12.7. The zero-order valence-electron chi connectivity index (χ0n) is 14.7. The molecule has 9 heteroatoms. The number of amides is 1. The smallest absolute Gasteiger partial charge is 0.271 e. The van der Waals surface area contributed by atoms with Gasteiger partial charge in [-0.2, -0.15) is 0 Å². The third kappa shape index (κ3) is 3.14. The molecule has 9 nitrogen and oxygen atoms in total. The van der Waals surface area contributed by atoms with Crippen molar-refractivity contribution in [2.45, 2.75) is 26.3 Å². The largest absolute Gasteiger partial charge is 0.347 e. The van der Waals surface area contributed by atoms with Crippen LogP contribution in [0.3, 0.4) is 0 Å². The van der Waals surface area contributed by atoms with E-state index in [2.05, 4.69) is 5.32 Å². The van der Waals surface area contributed by atoms with Gasteiger partial charge in [-0.25, -0.2) is 0 Å². The second-order valence-corrected chi connectivity index (χ2v) is 7.19. The number of carbonyl (C=O) groups is 2. The Morgan fingerprint density at radius 2 is 1.52 bits per heavy atom. The topological polar surface area (TPSA) is 132 Å². The molecular formula is C18H15N3O6. The summed E-state index contributed by atoms with van der Waals surface area (Å²) in [5, 5.41) is 25.0. The van der Waals surface area contributed by atoms with E-state index in [0.29, 0.717) is 5.56 Å². The molecule has 1 aliphatic carbocycles. The fourth-order valence-corrected chi connectivity index (χ4v) is 2.99. The van der Waals surface area contributed by atoms with E-state index < -0.39 is 32.8 Å². The Kier molecular flexibility index (Phi) is 4.02. The van der Waals surface area contributed by atoms with Gasteiger partial charge in [-0.1, -0.05) is 0 Å². The van der Waals surface area contributed by atoms with Crippen LogP contribution in [0.15, 0.2) is 30.3 Å². The normalized spacial score (nSPS) is 12.3. The molecule has 1 amide bonds. The van der Waals surface area contributed by atoms with Gasteiger partial charge in [-0.3, -0.25) is 29.8 Å². The number of nitro groups is 2. The summed E-state index contributed by atoms with van der Waals surface area (Å²) in [7, 11) is 0. The molecule has 2 aromatic rings. The van der Waals surface area contributed by atoms with Crippen LogP contribution in [0.2, 0.25) is 0 Å². The molecule has 0 fully saturated rings. The second kappa shape index (κ2) is 5.97. The molecule has 0 saturated carbocycles. The SMILES string of the molecule is CC(C)(C)NC(=O)c1cc([N+](=O)[O-])cc2c1-c1ccc([N+](=O)[O-])cc1C2=O. The van der Waals surface area contributed by atoms with E-state index in [1.54, 1.807) is 20.8 Å². The molecule has 0 heterocycles. The molecule has 1 aliphatic rings. The van der Waals surface area contributed by atoms with Crippen molar-refractivity contribution in [1.82, 2.24) is 5.32 Å². The molecular weight excluding hydrogens is 354 g/mol. The van der Waals surface area contributed by atoms with Crippen molar-refractivity contribution in [3.8, 4) is 11.1 Å². The lowest BCUT2D eigenvalue weighted by Crippen LogP contribution is -2.40. The Morgan fingerprint density at radius 1 is 0.926 bits per heavy atom. The van der Waals surface area contributed by atoms with E-state index in [-0.39, 0.29) is 27.9 Å². The molecule has 0 saturated heterocycles. The van der Waals surface area contributed by atoms with Crippen molar-refractivity contribution in [1.29, 1.82) is 0 Å². The summed E-state index contributed by atoms with van der Waals surface area (Å²) in [5.74, 6) is -1.15. The van der Waals surface area contributed by atoms with Crippen LogP contribution < -0.4 is 5.32 Å². The summed E-state index contributed by atoms with van der Waals surface area (Å²) in [6, 6.07) is 5.95. The summed E-state index contributed by atoms with van der Waals surface area (Å²) in [5.41, 5.74) is -0.672. The fraction of sp³-hybridized carbons (Fsp3) is 0.222. The van der Waals surface area contributed by atoms with Gasteiger partial charge in [0.15, 0.2) is 5.78 Å². The minimum Gasteiger partial charge on any atom is -0.347 e. The van der Waals surface area contributed by atoms with Gasteiger partial charge in [-0.15, -0.1) is 0 Å². The first-order chi connectivity index (χ1) is 12.5. The quantitative estimate of drug-likeness (QED) is 0.556.